The number of aryl methyl sites for hydroxylation is 1. The van der Waals surface area contributed by atoms with E-state index in [1.165, 1.54) is 11.1 Å². The number of likely N-dealkylation sites (N-methyl/N-ethyl adjacent to an activating group) is 1. The first-order valence-electron chi connectivity index (χ1n) is 7.94. The second kappa shape index (κ2) is 7.04. The molecule has 0 aromatic heterocycles. The van der Waals surface area contributed by atoms with E-state index in [-0.39, 0.29) is 5.91 Å². The highest BCUT2D eigenvalue weighted by atomic mass is 16.2. The molecule has 1 aliphatic rings. The van der Waals surface area contributed by atoms with Crippen molar-refractivity contribution >= 4 is 11.6 Å². The maximum Gasteiger partial charge on any atom is 0.273 e. The van der Waals surface area contributed by atoms with Gasteiger partial charge in [0.25, 0.3) is 5.91 Å². The van der Waals surface area contributed by atoms with Crippen molar-refractivity contribution in [1.29, 1.82) is 0 Å². The van der Waals surface area contributed by atoms with Crippen molar-refractivity contribution in [3.05, 3.63) is 89.4 Å². The second-order valence-corrected chi connectivity index (χ2v) is 5.87. The summed E-state index contributed by atoms with van der Waals surface area (Å²) in [6.45, 7) is 2.73. The van der Waals surface area contributed by atoms with Gasteiger partial charge in [-0.3, -0.25) is 4.79 Å². The minimum atomic E-state index is -0.115. The average molecular weight is 319 g/mol. The Morgan fingerprint density at radius 1 is 1.08 bits per heavy atom. The molecule has 1 heterocycles. The zero-order valence-electron chi connectivity index (χ0n) is 13.9. The van der Waals surface area contributed by atoms with Crippen LogP contribution < -0.4 is 10.6 Å². The number of nitrogens with one attached hydrogen (secondary N) is 2. The van der Waals surface area contributed by atoms with Gasteiger partial charge in [-0.15, -0.1) is 0 Å². The van der Waals surface area contributed by atoms with E-state index in [1.807, 2.05) is 79.7 Å². The molecule has 0 atom stereocenters. The van der Waals surface area contributed by atoms with Crippen LogP contribution in [0, 0.1) is 6.92 Å². The van der Waals surface area contributed by atoms with E-state index in [2.05, 4.69) is 10.6 Å². The van der Waals surface area contributed by atoms with E-state index in [0.717, 1.165) is 11.3 Å². The summed E-state index contributed by atoms with van der Waals surface area (Å²) in [6.07, 6.45) is 3.69. The molecule has 0 radical (unpaired) electrons. The number of hydrogen-bond donors (Lipinski definition) is 2. The van der Waals surface area contributed by atoms with Crippen molar-refractivity contribution in [3.63, 3.8) is 0 Å². The summed E-state index contributed by atoms with van der Waals surface area (Å²) in [4.78, 5) is 14.2. The molecule has 3 rings (SSSR count). The standard InChI is InChI=1S/C20H21N3O/c1-15-8-10-17(11-9-15)18-14-23(2)19(20(24)22-18)13-21-12-16-6-4-3-5-7-16/h3-11,13-14,21H,12H2,1-2H3,(H,22,24)/b19-13-. The Balaban J connectivity index is 1.71. The summed E-state index contributed by atoms with van der Waals surface area (Å²) in [5.74, 6) is -0.115. The van der Waals surface area contributed by atoms with Gasteiger partial charge in [0.15, 0.2) is 0 Å². The first kappa shape index (κ1) is 15.9. The third-order valence-electron chi connectivity index (χ3n) is 3.93. The molecular formula is C20H21N3O. The molecule has 0 fully saturated rings. The quantitative estimate of drug-likeness (QED) is 0.852. The highest BCUT2D eigenvalue weighted by Crippen LogP contribution is 2.19. The molecule has 2 N–H and O–H groups in total. The number of carbonyl (C=O) groups is 1. The molecule has 0 saturated carbocycles. The number of amides is 1. The molecule has 0 saturated heterocycles. The number of carbonyl (C=O) groups excluding carboxylic acids is 1. The van der Waals surface area contributed by atoms with Crippen molar-refractivity contribution in [3.8, 4) is 0 Å². The first-order chi connectivity index (χ1) is 11.6. The third-order valence-corrected chi connectivity index (χ3v) is 3.93. The van der Waals surface area contributed by atoms with Gasteiger partial charge in [0.2, 0.25) is 0 Å². The van der Waals surface area contributed by atoms with Crippen LogP contribution in [0.15, 0.2) is 72.7 Å². The van der Waals surface area contributed by atoms with Crippen molar-refractivity contribution < 1.29 is 4.79 Å². The van der Waals surface area contributed by atoms with Gasteiger partial charge in [-0.05, 0) is 18.1 Å². The fraction of sp³-hybridized carbons (Fsp3) is 0.150. The Hall–Kier alpha value is -3.01. The average Bonchev–Trinajstić information content (AvgIpc) is 2.59. The summed E-state index contributed by atoms with van der Waals surface area (Å²) in [5.41, 5.74) is 4.76. The largest absolute Gasteiger partial charge is 0.385 e. The lowest BCUT2D eigenvalue weighted by molar-refractivity contribution is -0.117. The van der Waals surface area contributed by atoms with Gasteiger partial charge in [-0.1, -0.05) is 60.2 Å². The molecule has 2 aromatic rings. The molecule has 1 aliphatic heterocycles. The van der Waals surface area contributed by atoms with Crippen LogP contribution in [-0.2, 0) is 11.3 Å². The summed E-state index contributed by atoms with van der Waals surface area (Å²) in [6, 6.07) is 18.2. The maximum atomic E-state index is 12.4. The fourth-order valence-electron chi connectivity index (χ4n) is 2.55. The topological polar surface area (TPSA) is 44.4 Å². The van der Waals surface area contributed by atoms with E-state index in [9.17, 15) is 4.79 Å². The Kier molecular flexibility index (Phi) is 4.66. The highest BCUT2D eigenvalue weighted by molar-refractivity contribution is 6.00. The normalized spacial score (nSPS) is 15.9. The molecule has 4 heteroatoms. The van der Waals surface area contributed by atoms with E-state index < -0.39 is 0 Å². The number of hydrogen-bond acceptors (Lipinski definition) is 3. The summed E-state index contributed by atoms with van der Waals surface area (Å²) in [7, 11) is 1.88. The fourth-order valence-corrected chi connectivity index (χ4v) is 2.55. The van der Waals surface area contributed by atoms with Crippen LogP contribution in [0.25, 0.3) is 5.70 Å². The van der Waals surface area contributed by atoms with Gasteiger partial charge >= 0.3 is 0 Å². The van der Waals surface area contributed by atoms with E-state index in [1.54, 1.807) is 6.20 Å². The monoisotopic (exact) mass is 319 g/mol. The summed E-state index contributed by atoms with van der Waals surface area (Å²) < 4.78 is 0. The van der Waals surface area contributed by atoms with Crippen LogP contribution in [0.2, 0.25) is 0 Å². The number of nitrogens with zero attached hydrogens (tertiary/aromatic N) is 1. The molecule has 0 unspecified atom stereocenters. The van der Waals surface area contributed by atoms with Crippen LogP contribution in [-0.4, -0.2) is 17.9 Å². The van der Waals surface area contributed by atoms with E-state index in [4.69, 9.17) is 0 Å². The minimum Gasteiger partial charge on any atom is -0.385 e. The Morgan fingerprint density at radius 3 is 2.46 bits per heavy atom. The van der Waals surface area contributed by atoms with Gasteiger partial charge in [0, 0.05) is 26.0 Å². The molecule has 0 bridgehead atoms. The van der Waals surface area contributed by atoms with Crippen LogP contribution in [0.4, 0.5) is 0 Å². The lowest BCUT2D eigenvalue weighted by atomic mass is 10.1. The zero-order valence-corrected chi connectivity index (χ0v) is 13.9. The number of benzene rings is 2. The molecule has 122 valence electrons. The molecule has 1 amide bonds. The third kappa shape index (κ3) is 3.66. The predicted octanol–water partition coefficient (Wildman–Crippen LogP) is 2.99. The summed E-state index contributed by atoms with van der Waals surface area (Å²) >= 11 is 0. The molecule has 2 aromatic carbocycles. The maximum absolute atomic E-state index is 12.4. The summed E-state index contributed by atoms with van der Waals surface area (Å²) in [5, 5.41) is 6.15. The van der Waals surface area contributed by atoms with Gasteiger partial charge in [0.1, 0.15) is 5.70 Å². The van der Waals surface area contributed by atoms with Crippen LogP contribution >= 0.6 is 0 Å². The molecular weight excluding hydrogens is 298 g/mol. The Labute approximate surface area is 142 Å². The lowest BCUT2D eigenvalue weighted by Crippen LogP contribution is -2.36. The number of rotatable bonds is 4. The molecule has 24 heavy (non-hydrogen) atoms. The van der Waals surface area contributed by atoms with Crippen molar-refractivity contribution in [1.82, 2.24) is 15.5 Å². The first-order valence-corrected chi connectivity index (χ1v) is 7.94. The lowest BCUT2D eigenvalue weighted by Gasteiger charge is -2.26. The van der Waals surface area contributed by atoms with E-state index >= 15 is 0 Å². The van der Waals surface area contributed by atoms with Crippen molar-refractivity contribution in [2.75, 3.05) is 7.05 Å². The zero-order chi connectivity index (χ0) is 16.9. The molecule has 4 nitrogen and oxygen atoms in total. The molecule has 0 aliphatic carbocycles. The van der Waals surface area contributed by atoms with Gasteiger partial charge < -0.3 is 15.5 Å². The highest BCUT2D eigenvalue weighted by Gasteiger charge is 2.21. The van der Waals surface area contributed by atoms with Gasteiger partial charge in [0.05, 0.1) is 5.70 Å². The second-order valence-electron chi connectivity index (χ2n) is 5.87. The predicted molar refractivity (Wildman–Crippen MR) is 96.4 cm³/mol. The van der Waals surface area contributed by atoms with Crippen molar-refractivity contribution in [2.24, 2.45) is 0 Å². The molecule has 0 spiro atoms. The van der Waals surface area contributed by atoms with Gasteiger partial charge in [-0.2, -0.15) is 0 Å². The van der Waals surface area contributed by atoms with Gasteiger partial charge in [-0.25, -0.2) is 0 Å². The smallest absolute Gasteiger partial charge is 0.273 e. The Morgan fingerprint density at radius 2 is 1.79 bits per heavy atom. The van der Waals surface area contributed by atoms with Crippen LogP contribution in [0.5, 0.6) is 0 Å². The SMILES string of the molecule is Cc1ccc(C2=CN(C)/C(=C\NCc3ccccc3)C(=O)N2)cc1. The minimum absolute atomic E-state index is 0.115. The van der Waals surface area contributed by atoms with E-state index in [0.29, 0.717) is 12.2 Å². The van der Waals surface area contributed by atoms with Crippen molar-refractivity contribution in [2.45, 2.75) is 13.5 Å². The Bertz CT molecular complexity index is 776. The van der Waals surface area contributed by atoms with Crippen LogP contribution in [0.1, 0.15) is 16.7 Å². The van der Waals surface area contributed by atoms with Crippen LogP contribution in [0.3, 0.4) is 0 Å².